The summed E-state index contributed by atoms with van der Waals surface area (Å²) in [5, 5.41) is 12.4. The molecule has 0 atom stereocenters. The fourth-order valence-electron chi connectivity index (χ4n) is 2.07. The molecule has 1 rings (SSSR count). The van der Waals surface area contributed by atoms with Crippen molar-refractivity contribution in [3.63, 3.8) is 0 Å². The van der Waals surface area contributed by atoms with E-state index in [0.29, 0.717) is 11.7 Å². The lowest BCUT2D eigenvalue weighted by Crippen LogP contribution is -2.33. The maximum atomic E-state index is 11.5. The Bertz CT molecular complexity index is 215. The number of rotatable bonds is 7. The van der Waals surface area contributed by atoms with E-state index < -0.39 is 0 Å². The van der Waals surface area contributed by atoms with Crippen LogP contribution in [0.1, 0.15) is 45.4 Å². The Morgan fingerprint density at radius 2 is 2.06 bits per heavy atom. The second-order valence-electron chi connectivity index (χ2n) is 4.88. The molecular formula is C13H25NO2S. The Balaban J connectivity index is 1.99. The first kappa shape index (κ1) is 14.8. The molecule has 17 heavy (non-hydrogen) atoms. The van der Waals surface area contributed by atoms with Crippen molar-refractivity contribution in [2.24, 2.45) is 5.92 Å². The molecule has 1 aliphatic carbocycles. The number of hydrogen-bond acceptors (Lipinski definition) is 3. The highest BCUT2D eigenvalue weighted by Crippen LogP contribution is 2.23. The summed E-state index contributed by atoms with van der Waals surface area (Å²) in [6, 6.07) is 0. The van der Waals surface area contributed by atoms with E-state index in [-0.39, 0.29) is 12.0 Å². The summed E-state index contributed by atoms with van der Waals surface area (Å²) in [4.78, 5) is 11.5. The molecule has 1 saturated carbocycles. The summed E-state index contributed by atoms with van der Waals surface area (Å²) in [5.41, 5.74) is 0. The molecule has 0 aliphatic heterocycles. The lowest BCUT2D eigenvalue weighted by molar-refractivity contribution is -0.118. The zero-order valence-electron chi connectivity index (χ0n) is 10.8. The second-order valence-corrected chi connectivity index (χ2v) is 5.99. The first-order chi connectivity index (χ1) is 8.22. The molecule has 100 valence electrons. The standard InChI is InChI=1S/C13H25NO2S/c1-2-3-8-17-10-13(16)14-9-11-4-6-12(15)7-5-11/h11-12,15H,2-10H2,1H3,(H,14,16). The van der Waals surface area contributed by atoms with Crippen LogP contribution in [0.3, 0.4) is 0 Å². The second kappa shape index (κ2) is 8.81. The van der Waals surface area contributed by atoms with Gasteiger partial charge in [-0.15, -0.1) is 0 Å². The third-order valence-corrected chi connectivity index (χ3v) is 4.32. The van der Waals surface area contributed by atoms with Crippen LogP contribution in [0.25, 0.3) is 0 Å². The predicted octanol–water partition coefficient (Wildman–Crippen LogP) is 2.19. The van der Waals surface area contributed by atoms with Crippen molar-refractivity contribution in [3.05, 3.63) is 0 Å². The van der Waals surface area contributed by atoms with Gasteiger partial charge in [0, 0.05) is 6.54 Å². The first-order valence-corrected chi connectivity index (χ1v) is 7.90. The van der Waals surface area contributed by atoms with Gasteiger partial charge in [-0.05, 0) is 43.8 Å². The van der Waals surface area contributed by atoms with E-state index in [9.17, 15) is 9.90 Å². The Kier molecular flexibility index (Phi) is 7.69. The third kappa shape index (κ3) is 6.94. The van der Waals surface area contributed by atoms with Crippen LogP contribution in [0.5, 0.6) is 0 Å². The fourth-order valence-corrected chi connectivity index (χ4v) is 2.99. The normalized spacial score (nSPS) is 24.6. The van der Waals surface area contributed by atoms with Crippen molar-refractivity contribution < 1.29 is 9.90 Å². The molecule has 3 nitrogen and oxygen atoms in total. The molecule has 4 heteroatoms. The summed E-state index contributed by atoms with van der Waals surface area (Å²) < 4.78 is 0. The molecular weight excluding hydrogens is 234 g/mol. The number of nitrogens with one attached hydrogen (secondary N) is 1. The molecule has 1 fully saturated rings. The van der Waals surface area contributed by atoms with E-state index in [1.54, 1.807) is 11.8 Å². The van der Waals surface area contributed by atoms with E-state index in [1.165, 1.54) is 12.8 Å². The Hall–Kier alpha value is -0.220. The highest BCUT2D eigenvalue weighted by molar-refractivity contribution is 7.99. The zero-order valence-corrected chi connectivity index (χ0v) is 11.6. The summed E-state index contributed by atoms with van der Waals surface area (Å²) >= 11 is 1.72. The van der Waals surface area contributed by atoms with Crippen molar-refractivity contribution in [2.45, 2.75) is 51.6 Å². The van der Waals surface area contributed by atoms with Crippen molar-refractivity contribution in [2.75, 3.05) is 18.1 Å². The van der Waals surface area contributed by atoms with Gasteiger partial charge in [0.25, 0.3) is 0 Å². The first-order valence-electron chi connectivity index (χ1n) is 6.75. The smallest absolute Gasteiger partial charge is 0.230 e. The molecule has 0 radical (unpaired) electrons. The molecule has 0 aromatic carbocycles. The molecule has 2 N–H and O–H groups in total. The molecule has 0 unspecified atom stereocenters. The molecule has 0 saturated heterocycles. The number of thioether (sulfide) groups is 1. The molecule has 0 bridgehead atoms. The van der Waals surface area contributed by atoms with Gasteiger partial charge >= 0.3 is 0 Å². The summed E-state index contributed by atoms with van der Waals surface area (Å²) in [5.74, 6) is 2.41. The highest BCUT2D eigenvalue weighted by Gasteiger charge is 2.19. The van der Waals surface area contributed by atoms with Gasteiger partial charge < -0.3 is 10.4 Å². The van der Waals surface area contributed by atoms with E-state index in [2.05, 4.69) is 12.2 Å². The van der Waals surface area contributed by atoms with Crippen LogP contribution in [0.15, 0.2) is 0 Å². The number of hydrogen-bond donors (Lipinski definition) is 2. The van der Waals surface area contributed by atoms with Crippen molar-refractivity contribution in [1.82, 2.24) is 5.32 Å². The van der Waals surface area contributed by atoms with Crippen LogP contribution in [0, 0.1) is 5.92 Å². The zero-order chi connectivity index (χ0) is 12.5. The minimum atomic E-state index is -0.105. The molecule has 0 aromatic rings. The monoisotopic (exact) mass is 259 g/mol. The van der Waals surface area contributed by atoms with Crippen molar-refractivity contribution >= 4 is 17.7 Å². The van der Waals surface area contributed by atoms with Crippen molar-refractivity contribution in [3.8, 4) is 0 Å². The van der Waals surface area contributed by atoms with E-state index in [4.69, 9.17) is 0 Å². The van der Waals surface area contributed by atoms with Crippen LogP contribution >= 0.6 is 11.8 Å². The largest absolute Gasteiger partial charge is 0.393 e. The lowest BCUT2D eigenvalue weighted by Gasteiger charge is -2.25. The van der Waals surface area contributed by atoms with Crippen LogP contribution in [-0.4, -0.2) is 35.2 Å². The minimum Gasteiger partial charge on any atom is -0.393 e. The Morgan fingerprint density at radius 1 is 1.35 bits per heavy atom. The van der Waals surface area contributed by atoms with Gasteiger partial charge in [-0.3, -0.25) is 4.79 Å². The number of carbonyl (C=O) groups excluding carboxylic acids is 1. The number of amides is 1. The van der Waals surface area contributed by atoms with Gasteiger partial charge in [-0.25, -0.2) is 0 Å². The maximum absolute atomic E-state index is 11.5. The predicted molar refractivity (Wildman–Crippen MR) is 73.2 cm³/mol. The Labute approximate surface area is 109 Å². The Morgan fingerprint density at radius 3 is 2.71 bits per heavy atom. The average Bonchev–Trinajstić information content (AvgIpc) is 2.34. The van der Waals surface area contributed by atoms with Crippen LogP contribution in [0.4, 0.5) is 0 Å². The van der Waals surface area contributed by atoms with Crippen LogP contribution in [-0.2, 0) is 4.79 Å². The van der Waals surface area contributed by atoms with Crippen LogP contribution in [0.2, 0.25) is 0 Å². The lowest BCUT2D eigenvalue weighted by atomic mass is 9.87. The molecule has 1 amide bonds. The summed E-state index contributed by atoms with van der Waals surface area (Å²) in [7, 11) is 0. The molecule has 0 spiro atoms. The highest BCUT2D eigenvalue weighted by atomic mass is 32.2. The van der Waals surface area contributed by atoms with E-state index in [0.717, 1.165) is 38.0 Å². The fraction of sp³-hybridized carbons (Fsp3) is 0.923. The van der Waals surface area contributed by atoms with Gasteiger partial charge in [-0.2, -0.15) is 11.8 Å². The topological polar surface area (TPSA) is 49.3 Å². The SMILES string of the molecule is CCCCSCC(=O)NCC1CCC(O)CC1. The van der Waals surface area contributed by atoms with Crippen molar-refractivity contribution in [1.29, 1.82) is 0 Å². The number of aliphatic hydroxyl groups is 1. The van der Waals surface area contributed by atoms with Gasteiger partial charge in [0.2, 0.25) is 5.91 Å². The summed E-state index contributed by atoms with van der Waals surface area (Å²) in [6.07, 6.45) is 6.16. The number of unbranched alkanes of at least 4 members (excludes halogenated alkanes) is 1. The van der Waals surface area contributed by atoms with Crippen LogP contribution < -0.4 is 5.32 Å². The minimum absolute atomic E-state index is 0.105. The molecule has 0 aromatic heterocycles. The quantitative estimate of drug-likeness (QED) is 0.689. The maximum Gasteiger partial charge on any atom is 0.230 e. The van der Waals surface area contributed by atoms with Gasteiger partial charge in [0.1, 0.15) is 0 Å². The van der Waals surface area contributed by atoms with Gasteiger partial charge in [0.15, 0.2) is 0 Å². The average molecular weight is 259 g/mol. The molecule has 1 aliphatic rings. The van der Waals surface area contributed by atoms with Gasteiger partial charge in [-0.1, -0.05) is 13.3 Å². The number of carbonyl (C=O) groups is 1. The van der Waals surface area contributed by atoms with E-state index >= 15 is 0 Å². The summed E-state index contributed by atoms with van der Waals surface area (Å²) in [6.45, 7) is 2.96. The third-order valence-electron chi connectivity index (χ3n) is 3.28. The van der Waals surface area contributed by atoms with Gasteiger partial charge in [0.05, 0.1) is 11.9 Å². The number of aliphatic hydroxyl groups excluding tert-OH is 1. The molecule has 0 heterocycles. The van der Waals surface area contributed by atoms with E-state index in [1.807, 2.05) is 0 Å².